The van der Waals surface area contributed by atoms with Crippen LogP contribution in [0.3, 0.4) is 0 Å². The van der Waals surface area contributed by atoms with Crippen molar-refractivity contribution in [3.05, 3.63) is 48.0 Å². The lowest BCUT2D eigenvalue weighted by Crippen LogP contribution is -2.12. The van der Waals surface area contributed by atoms with Crippen molar-refractivity contribution in [2.24, 2.45) is 5.73 Å². The highest BCUT2D eigenvalue weighted by molar-refractivity contribution is 5.25. The first-order chi connectivity index (χ1) is 7.25. The molecule has 1 heteroatoms. The molecule has 0 aromatic heterocycles. The van der Waals surface area contributed by atoms with E-state index in [-0.39, 0.29) is 6.04 Å². The maximum absolute atomic E-state index is 6.12. The zero-order valence-electron chi connectivity index (χ0n) is 9.58. The van der Waals surface area contributed by atoms with E-state index in [1.807, 2.05) is 18.2 Å². The zero-order chi connectivity index (χ0) is 11.1. The second-order valence-corrected chi connectivity index (χ2v) is 4.00. The molecule has 82 valence electrons. The summed E-state index contributed by atoms with van der Waals surface area (Å²) in [6.07, 6.45) is 4.76. The van der Waals surface area contributed by atoms with Gasteiger partial charge in [0.1, 0.15) is 0 Å². The lowest BCUT2D eigenvalue weighted by molar-refractivity contribution is 0.676. The van der Waals surface area contributed by atoms with E-state index in [9.17, 15) is 0 Å². The molecule has 0 heterocycles. The Hall–Kier alpha value is -1.08. The molecule has 0 saturated heterocycles. The summed E-state index contributed by atoms with van der Waals surface area (Å²) in [6, 6.07) is 10.2. The molecule has 0 fully saturated rings. The van der Waals surface area contributed by atoms with Crippen LogP contribution >= 0.6 is 0 Å². The summed E-state index contributed by atoms with van der Waals surface area (Å²) < 4.78 is 0. The quantitative estimate of drug-likeness (QED) is 0.552. The number of unbranched alkanes of at least 4 members (excludes halogenated alkanes) is 2. The Labute approximate surface area is 93.0 Å². The van der Waals surface area contributed by atoms with Crippen LogP contribution in [0.4, 0.5) is 0 Å². The van der Waals surface area contributed by atoms with Crippen LogP contribution < -0.4 is 5.73 Å². The smallest absolute Gasteiger partial charge is 0.0508 e. The first-order valence-electron chi connectivity index (χ1n) is 5.74. The Morgan fingerprint density at radius 1 is 1.27 bits per heavy atom. The van der Waals surface area contributed by atoms with E-state index in [4.69, 9.17) is 5.73 Å². The van der Waals surface area contributed by atoms with Crippen LogP contribution in [0.2, 0.25) is 0 Å². The van der Waals surface area contributed by atoms with Gasteiger partial charge in [0.15, 0.2) is 0 Å². The van der Waals surface area contributed by atoms with Crippen LogP contribution in [-0.4, -0.2) is 0 Å². The van der Waals surface area contributed by atoms with Crippen molar-refractivity contribution in [3.8, 4) is 0 Å². The summed E-state index contributed by atoms with van der Waals surface area (Å²) in [4.78, 5) is 0. The minimum Gasteiger partial charge on any atom is -0.321 e. The molecular weight excluding hydrogens is 182 g/mol. The molecule has 1 unspecified atom stereocenters. The number of hydrogen-bond acceptors (Lipinski definition) is 1. The van der Waals surface area contributed by atoms with Gasteiger partial charge in [-0.2, -0.15) is 0 Å². The van der Waals surface area contributed by atoms with Gasteiger partial charge in [-0.1, -0.05) is 62.2 Å². The van der Waals surface area contributed by atoms with Crippen molar-refractivity contribution in [1.82, 2.24) is 0 Å². The van der Waals surface area contributed by atoms with E-state index in [2.05, 4.69) is 25.6 Å². The van der Waals surface area contributed by atoms with Crippen molar-refractivity contribution < 1.29 is 0 Å². The molecule has 0 amide bonds. The maximum Gasteiger partial charge on any atom is 0.0508 e. The monoisotopic (exact) mass is 203 g/mol. The molecule has 0 saturated carbocycles. The van der Waals surface area contributed by atoms with Gasteiger partial charge in [-0.25, -0.2) is 0 Å². The largest absolute Gasteiger partial charge is 0.321 e. The van der Waals surface area contributed by atoms with E-state index in [1.54, 1.807) is 0 Å². The van der Waals surface area contributed by atoms with Gasteiger partial charge in [-0.05, 0) is 18.4 Å². The molecule has 1 rings (SSSR count). The molecule has 0 aliphatic rings. The standard InChI is InChI=1S/C14H21N/c1-3-4-6-9-12(2)14(15)13-10-7-5-8-11-13/h5,7-8,10-11,14H,2-4,6,9,15H2,1H3. The third-order valence-corrected chi connectivity index (χ3v) is 2.70. The Morgan fingerprint density at radius 3 is 2.53 bits per heavy atom. The molecule has 15 heavy (non-hydrogen) atoms. The Bertz CT molecular complexity index is 289. The van der Waals surface area contributed by atoms with E-state index in [0.717, 1.165) is 12.0 Å². The van der Waals surface area contributed by atoms with Crippen LogP contribution in [0.25, 0.3) is 0 Å². The van der Waals surface area contributed by atoms with Gasteiger partial charge in [0.05, 0.1) is 6.04 Å². The second-order valence-electron chi connectivity index (χ2n) is 4.00. The number of rotatable bonds is 6. The fraction of sp³-hybridized carbons (Fsp3) is 0.429. The van der Waals surface area contributed by atoms with Crippen molar-refractivity contribution in [3.63, 3.8) is 0 Å². The first kappa shape index (κ1) is 12.0. The molecule has 1 aromatic rings. The van der Waals surface area contributed by atoms with Crippen LogP contribution in [-0.2, 0) is 0 Å². The van der Waals surface area contributed by atoms with E-state index in [0.29, 0.717) is 0 Å². The lowest BCUT2D eigenvalue weighted by atomic mass is 9.96. The zero-order valence-corrected chi connectivity index (χ0v) is 9.58. The second kappa shape index (κ2) is 6.41. The molecule has 0 spiro atoms. The summed E-state index contributed by atoms with van der Waals surface area (Å²) in [5.74, 6) is 0. The summed E-state index contributed by atoms with van der Waals surface area (Å²) in [6.45, 7) is 6.29. The van der Waals surface area contributed by atoms with Crippen LogP contribution in [0.1, 0.15) is 44.2 Å². The fourth-order valence-corrected chi connectivity index (χ4v) is 1.65. The van der Waals surface area contributed by atoms with Crippen LogP contribution in [0, 0.1) is 0 Å². The molecule has 1 atom stereocenters. The number of nitrogens with two attached hydrogens (primary N) is 1. The van der Waals surface area contributed by atoms with Gasteiger partial charge in [-0.3, -0.25) is 0 Å². The minimum atomic E-state index is 0.00283. The predicted octanol–water partition coefficient (Wildman–Crippen LogP) is 3.82. The number of hydrogen-bond donors (Lipinski definition) is 1. The van der Waals surface area contributed by atoms with Crippen molar-refractivity contribution in [1.29, 1.82) is 0 Å². The molecule has 2 N–H and O–H groups in total. The highest BCUT2D eigenvalue weighted by atomic mass is 14.6. The summed E-state index contributed by atoms with van der Waals surface area (Å²) in [5, 5.41) is 0. The Balaban J connectivity index is 2.46. The van der Waals surface area contributed by atoms with Gasteiger partial charge in [0.2, 0.25) is 0 Å². The maximum atomic E-state index is 6.12. The highest BCUT2D eigenvalue weighted by Crippen LogP contribution is 2.21. The molecule has 0 radical (unpaired) electrons. The Morgan fingerprint density at radius 2 is 1.93 bits per heavy atom. The molecule has 1 nitrogen and oxygen atoms in total. The fourth-order valence-electron chi connectivity index (χ4n) is 1.65. The van der Waals surface area contributed by atoms with Crippen LogP contribution in [0.5, 0.6) is 0 Å². The minimum absolute atomic E-state index is 0.00283. The molecule has 0 aliphatic heterocycles. The summed E-state index contributed by atoms with van der Waals surface area (Å²) >= 11 is 0. The molecular formula is C14H21N. The number of benzene rings is 1. The normalized spacial score (nSPS) is 12.4. The van der Waals surface area contributed by atoms with E-state index < -0.39 is 0 Å². The SMILES string of the molecule is C=C(CCCCC)C(N)c1ccccc1. The topological polar surface area (TPSA) is 26.0 Å². The summed E-state index contributed by atoms with van der Waals surface area (Å²) in [5.41, 5.74) is 8.43. The van der Waals surface area contributed by atoms with Gasteiger partial charge in [-0.15, -0.1) is 0 Å². The van der Waals surface area contributed by atoms with Gasteiger partial charge >= 0.3 is 0 Å². The van der Waals surface area contributed by atoms with Gasteiger partial charge in [0, 0.05) is 0 Å². The first-order valence-corrected chi connectivity index (χ1v) is 5.74. The average molecular weight is 203 g/mol. The highest BCUT2D eigenvalue weighted by Gasteiger charge is 2.08. The third kappa shape index (κ3) is 3.88. The van der Waals surface area contributed by atoms with Crippen LogP contribution in [0.15, 0.2) is 42.5 Å². The van der Waals surface area contributed by atoms with E-state index in [1.165, 1.54) is 24.8 Å². The van der Waals surface area contributed by atoms with Gasteiger partial charge < -0.3 is 5.73 Å². The molecule has 1 aromatic carbocycles. The van der Waals surface area contributed by atoms with Crippen molar-refractivity contribution in [2.45, 2.75) is 38.6 Å². The predicted molar refractivity (Wildman–Crippen MR) is 66.7 cm³/mol. The average Bonchev–Trinajstić information content (AvgIpc) is 2.29. The Kier molecular flexibility index (Phi) is 5.13. The molecule has 0 bridgehead atoms. The van der Waals surface area contributed by atoms with Gasteiger partial charge in [0.25, 0.3) is 0 Å². The van der Waals surface area contributed by atoms with Crippen molar-refractivity contribution >= 4 is 0 Å². The lowest BCUT2D eigenvalue weighted by Gasteiger charge is -2.14. The van der Waals surface area contributed by atoms with Crippen molar-refractivity contribution in [2.75, 3.05) is 0 Å². The third-order valence-electron chi connectivity index (χ3n) is 2.70. The van der Waals surface area contributed by atoms with E-state index >= 15 is 0 Å². The molecule has 0 aliphatic carbocycles. The summed E-state index contributed by atoms with van der Waals surface area (Å²) in [7, 11) is 0.